The number of aromatic nitrogens is 3. The second-order valence-corrected chi connectivity index (χ2v) is 18.7. The van der Waals surface area contributed by atoms with E-state index in [1.54, 1.807) is 35.4 Å². The summed E-state index contributed by atoms with van der Waals surface area (Å²) in [6, 6.07) is 13.7. The molecule has 2 fully saturated rings. The van der Waals surface area contributed by atoms with Gasteiger partial charge >= 0.3 is 0 Å². The van der Waals surface area contributed by atoms with E-state index in [1.807, 2.05) is 49.1 Å². The van der Waals surface area contributed by atoms with E-state index in [9.17, 15) is 14.4 Å². The molecule has 18 heteroatoms. The number of rotatable bonds is 9. The number of amides is 3. The summed E-state index contributed by atoms with van der Waals surface area (Å²) in [6.45, 7) is 17.2. The maximum atomic E-state index is 12.5. The van der Waals surface area contributed by atoms with Crippen molar-refractivity contribution in [3.05, 3.63) is 90.7 Å². The van der Waals surface area contributed by atoms with Crippen LogP contribution in [0.2, 0.25) is 15.1 Å². The highest BCUT2D eigenvalue weighted by Crippen LogP contribution is 2.36. The molecule has 6 heterocycles. The number of piperidine rings is 1. The van der Waals surface area contributed by atoms with E-state index < -0.39 is 0 Å². The van der Waals surface area contributed by atoms with Crippen molar-refractivity contribution in [2.45, 2.75) is 72.9 Å². The van der Waals surface area contributed by atoms with Gasteiger partial charge < -0.3 is 15.5 Å². The van der Waals surface area contributed by atoms with Gasteiger partial charge in [0.15, 0.2) is 5.82 Å². The number of aliphatic imine (C=N–C) groups is 1. The smallest absolute Gasteiger partial charge is 0.234 e. The van der Waals surface area contributed by atoms with Crippen LogP contribution < -0.4 is 15.6 Å². The third-order valence-electron chi connectivity index (χ3n) is 11.9. The van der Waals surface area contributed by atoms with Crippen LogP contribution in [-0.2, 0) is 20.9 Å². The Bertz CT molecular complexity index is 2330. The van der Waals surface area contributed by atoms with Crippen LogP contribution in [0.25, 0.3) is 5.00 Å². The van der Waals surface area contributed by atoms with Gasteiger partial charge in [0.25, 0.3) is 0 Å². The van der Waals surface area contributed by atoms with Crippen LogP contribution in [0.3, 0.4) is 0 Å². The molecule has 14 nitrogen and oxygen atoms in total. The number of nitrogens with zero attached hydrogens (tertiary/aromatic N) is 9. The minimum Gasteiger partial charge on any atom is -0.355 e. The molecule has 2 N–H and O–H groups in total. The highest BCUT2D eigenvalue weighted by molar-refractivity contribution is 7.15. The molecule has 0 spiro atoms. The molecule has 62 heavy (non-hydrogen) atoms. The zero-order valence-corrected chi connectivity index (χ0v) is 39.0. The maximum absolute atomic E-state index is 12.5. The second kappa shape index (κ2) is 20.4. The molecule has 0 saturated carbocycles. The normalized spacial score (nSPS) is 18.2. The Morgan fingerprint density at radius 1 is 0.887 bits per heavy atom. The number of hydrazone groups is 1. The molecule has 3 amide bonds. The minimum atomic E-state index is -0.115. The molecule has 0 aliphatic carbocycles. The highest BCUT2D eigenvalue weighted by atomic mass is 35.5. The number of likely N-dealkylation sites (tertiary alicyclic amines) is 1. The van der Waals surface area contributed by atoms with Gasteiger partial charge in [-0.1, -0.05) is 53.9 Å². The van der Waals surface area contributed by atoms with Crippen LogP contribution in [0.1, 0.15) is 72.7 Å². The van der Waals surface area contributed by atoms with Crippen molar-refractivity contribution in [1.82, 2.24) is 40.1 Å². The molecule has 4 aliphatic heterocycles. The lowest BCUT2D eigenvalue weighted by atomic mass is 10.00. The zero-order chi connectivity index (χ0) is 44.1. The van der Waals surface area contributed by atoms with E-state index in [-0.39, 0.29) is 23.6 Å². The van der Waals surface area contributed by atoms with Crippen molar-refractivity contribution in [1.29, 1.82) is 0 Å². The molecule has 0 radical (unpaired) electrons. The van der Waals surface area contributed by atoms with E-state index in [4.69, 9.17) is 39.8 Å². The van der Waals surface area contributed by atoms with Crippen LogP contribution in [0.5, 0.6) is 0 Å². The summed E-state index contributed by atoms with van der Waals surface area (Å²) in [5, 5.41) is 23.5. The van der Waals surface area contributed by atoms with Gasteiger partial charge in [0.2, 0.25) is 17.7 Å². The van der Waals surface area contributed by atoms with Crippen LogP contribution in [0.15, 0.2) is 52.6 Å². The fraction of sp³-hybridized carbons (Fsp3) is 0.477. The van der Waals surface area contributed by atoms with Crippen LogP contribution in [0, 0.1) is 26.7 Å². The van der Waals surface area contributed by atoms with Gasteiger partial charge in [-0.25, -0.2) is 0 Å². The predicted molar refractivity (Wildman–Crippen MR) is 248 cm³/mol. The predicted octanol–water partition coefficient (Wildman–Crippen LogP) is 6.66. The molecule has 8 rings (SSSR count). The maximum Gasteiger partial charge on any atom is 0.234 e. The van der Waals surface area contributed by atoms with E-state index in [1.165, 1.54) is 16.0 Å². The first-order chi connectivity index (χ1) is 29.7. The van der Waals surface area contributed by atoms with E-state index in [2.05, 4.69) is 54.1 Å². The van der Waals surface area contributed by atoms with Crippen molar-refractivity contribution in [3.63, 3.8) is 0 Å². The van der Waals surface area contributed by atoms with Gasteiger partial charge in [-0.2, -0.15) is 5.10 Å². The molecule has 2 aromatic heterocycles. The van der Waals surface area contributed by atoms with Crippen LogP contribution >= 0.6 is 46.1 Å². The third kappa shape index (κ3) is 10.9. The van der Waals surface area contributed by atoms with Crippen molar-refractivity contribution in [2.24, 2.45) is 16.0 Å². The molecule has 2 saturated heterocycles. The summed E-state index contributed by atoms with van der Waals surface area (Å²) in [6.07, 6.45) is 2.91. The average Bonchev–Trinajstić information content (AvgIpc) is 3.87. The number of benzene rings is 2. The lowest BCUT2D eigenvalue weighted by Gasteiger charge is -2.42. The van der Waals surface area contributed by atoms with Gasteiger partial charge in [0.1, 0.15) is 23.2 Å². The molecule has 4 aromatic rings. The number of piperazine rings is 1. The fourth-order valence-corrected chi connectivity index (χ4v) is 9.88. The summed E-state index contributed by atoms with van der Waals surface area (Å²) in [7, 11) is 0. The number of anilines is 1. The Morgan fingerprint density at radius 3 is 2.31 bits per heavy atom. The molecule has 4 aliphatic rings. The number of hydrogen-bond donors (Lipinski definition) is 2. The van der Waals surface area contributed by atoms with Gasteiger partial charge in [0, 0.05) is 92.1 Å². The van der Waals surface area contributed by atoms with Crippen molar-refractivity contribution in [3.8, 4) is 5.00 Å². The molecule has 330 valence electrons. The number of carbonyl (C=O) groups excluding carboxylic acids is 3. The minimum absolute atomic E-state index is 0.00955. The first-order valence-electron chi connectivity index (χ1n) is 21.2. The number of amidine groups is 1. The Balaban J connectivity index is 0.000000212. The first-order valence-corrected chi connectivity index (χ1v) is 23.1. The number of nitrogens with one attached hydrogen (secondary N) is 2. The summed E-state index contributed by atoms with van der Waals surface area (Å²) < 4.78 is 2.13. The Kier molecular flexibility index (Phi) is 15.0. The lowest BCUT2D eigenvalue weighted by Crippen LogP contribution is -2.54. The molecular formula is C44H54Cl3N11O3S. The lowest BCUT2D eigenvalue weighted by molar-refractivity contribution is -0.130. The Hall–Kier alpha value is -4.38. The highest BCUT2D eigenvalue weighted by Gasteiger charge is 2.30. The van der Waals surface area contributed by atoms with E-state index in [0.29, 0.717) is 60.9 Å². The molecule has 1 unspecified atom stereocenters. The van der Waals surface area contributed by atoms with Gasteiger partial charge in [-0.05, 0) is 75.9 Å². The number of carbonyl (C=O) groups is 3. The number of aryl methyl sites for hydroxylation is 2. The number of fused-ring (bicyclic) bond motifs is 3. The summed E-state index contributed by atoms with van der Waals surface area (Å²) >= 11 is 19.9. The van der Waals surface area contributed by atoms with Crippen molar-refractivity contribution >= 4 is 81.1 Å². The van der Waals surface area contributed by atoms with E-state index >= 15 is 0 Å². The molecule has 0 bridgehead atoms. The Morgan fingerprint density at radius 2 is 1.61 bits per heavy atom. The molecule has 2 aromatic carbocycles. The monoisotopic (exact) mass is 921 g/mol. The molecular weight excluding hydrogens is 869 g/mol. The van der Waals surface area contributed by atoms with Crippen molar-refractivity contribution < 1.29 is 14.4 Å². The zero-order valence-electron chi connectivity index (χ0n) is 35.9. The average molecular weight is 923 g/mol. The Labute approximate surface area is 382 Å². The quantitative estimate of drug-likeness (QED) is 0.178. The van der Waals surface area contributed by atoms with Gasteiger partial charge in [-0.15, -0.1) is 21.5 Å². The standard InChI is InChI=1S/C27H39Cl2N7O3.C17H15ClN4S/c1-19-17-36(22-5-6-23(28)24(29)16-22)32-27(19)31-25(38)4-3-9-30-26(39)18-33-12-14-35(15-13-33)21-7-10-34(11-8-21)20(2)37;1-9-10(2)23-17-15(9)16(12-4-6-13(18)7-5-12)19-8-14-21-20-11(3)22(14)17/h5-6,16,19,21H,3-4,7-15,17-18H2,1-2H3,(H,30,39)(H,31,32,38);4-7H,8H2,1-3H3. The van der Waals surface area contributed by atoms with Crippen molar-refractivity contribution in [2.75, 3.05) is 63.9 Å². The summed E-state index contributed by atoms with van der Waals surface area (Å²) in [5.74, 6) is 2.51. The first kappa shape index (κ1) is 45.6. The summed E-state index contributed by atoms with van der Waals surface area (Å²) in [4.78, 5) is 49.2. The van der Waals surface area contributed by atoms with Gasteiger partial charge in [0.05, 0.1) is 34.5 Å². The van der Waals surface area contributed by atoms with Gasteiger partial charge in [-0.3, -0.25) is 38.8 Å². The fourth-order valence-electron chi connectivity index (χ4n) is 8.24. The number of halogens is 3. The van der Waals surface area contributed by atoms with Crippen LogP contribution in [0.4, 0.5) is 5.69 Å². The van der Waals surface area contributed by atoms with E-state index in [0.717, 1.165) is 90.7 Å². The summed E-state index contributed by atoms with van der Waals surface area (Å²) in [5.41, 5.74) is 5.34. The third-order valence-corrected chi connectivity index (χ3v) is 14.1. The molecule has 1 atom stereocenters. The van der Waals surface area contributed by atoms with Crippen LogP contribution in [-0.4, -0.2) is 124 Å². The number of thiophene rings is 1. The number of hydrogen-bond acceptors (Lipinski definition) is 11. The topological polar surface area (TPSA) is 144 Å². The second-order valence-electron chi connectivity index (χ2n) is 16.3. The largest absolute Gasteiger partial charge is 0.355 e. The SMILES string of the molecule is CC(=O)N1CCC(N2CCN(CC(=O)NCCCC(=O)NC3=NN(c4ccc(Cl)c(Cl)c4)CC3C)CC2)CC1.Cc1sc2c(c1C)C(c1ccc(Cl)cc1)=NCc1nnc(C)n1-2.